The summed E-state index contributed by atoms with van der Waals surface area (Å²) in [5.74, 6) is 0. The van der Waals surface area contributed by atoms with Crippen LogP contribution in [0.25, 0.3) is 0 Å². The molecule has 2 rings (SSSR count). The van der Waals surface area contributed by atoms with Crippen molar-refractivity contribution in [3.63, 3.8) is 0 Å². The summed E-state index contributed by atoms with van der Waals surface area (Å²) < 4.78 is 10.5. The Hall–Kier alpha value is -0.860. The molecule has 1 unspecified atom stereocenters. The standard InChI is InChI=1S/C12H16O2/c1-13-9-14-12-7-6-10-4-2-3-5-11(10)8-12/h2-5,12H,6-9H2,1H3. The monoisotopic (exact) mass is 192 g/mol. The van der Waals surface area contributed by atoms with Crippen LogP contribution in [0.15, 0.2) is 24.3 Å². The van der Waals surface area contributed by atoms with Gasteiger partial charge in [-0.1, -0.05) is 24.3 Å². The second-order valence-corrected chi connectivity index (χ2v) is 3.71. The van der Waals surface area contributed by atoms with Crippen molar-refractivity contribution in [2.24, 2.45) is 0 Å². The summed E-state index contributed by atoms with van der Waals surface area (Å²) in [7, 11) is 1.66. The molecule has 76 valence electrons. The van der Waals surface area contributed by atoms with Crippen molar-refractivity contribution < 1.29 is 9.47 Å². The summed E-state index contributed by atoms with van der Waals surface area (Å²) >= 11 is 0. The molecule has 0 aromatic heterocycles. The molecule has 0 aliphatic heterocycles. The summed E-state index contributed by atoms with van der Waals surface area (Å²) in [6.07, 6.45) is 3.61. The van der Waals surface area contributed by atoms with Crippen LogP contribution in [0.4, 0.5) is 0 Å². The van der Waals surface area contributed by atoms with Crippen molar-refractivity contribution in [2.75, 3.05) is 13.9 Å². The summed E-state index contributed by atoms with van der Waals surface area (Å²) in [6, 6.07) is 8.60. The zero-order chi connectivity index (χ0) is 9.80. The molecule has 0 spiro atoms. The molecule has 2 nitrogen and oxygen atoms in total. The Morgan fingerprint density at radius 3 is 2.86 bits per heavy atom. The number of methoxy groups -OCH3 is 1. The number of rotatable bonds is 3. The summed E-state index contributed by atoms with van der Waals surface area (Å²) in [4.78, 5) is 0. The van der Waals surface area contributed by atoms with Crippen LogP contribution in [0.3, 0.4) is 0 Å². The van der Waals surface area contributed by atoms with E-state index >= 15 is 0 Å². The highest BCUT2D eigenvalue weighted by molar-refractivity contribution is 5.29. The van der Waals surface area contributed by atoms with Gasteiger partial charge >= 0.3 is 0 Å². The highest BCUT2D eigenvalue weighted by atomic mass is 16.7. The maximum Gasteiger partial charge on any atom is 0.146 e. The van der Waals surface area contributed by atoms with E-state index in [9.17, 15) is 0 Å². The predicted molar refractivity (Wildman–Crippen MR) is 55.2 cm³/mol. The molecule has 1 atom stereocenters. The highest BCUT2D eigenvalue weighted by Gasteiger charge is 2.18. The van der Waals surface area contributed by atoms with E-state index in [4.69, 9.17) is 9.47 Å². The van der Waals surface area contributed by atoms with Gasteiger partial charge in [-0.15, -0.1) is 0 Å². The van der Waals surface area contributed by atoms with Gasteiger partial charge in [0.15, 0.2) is 0 Å². The molecule has 0 saturated heterocycles. The quantitative estimate of drug-likeness (QED) is 0.683. The molecule has 2 heteroatoms. The molecule has 1 aromatic rings. The fourth-order valence-corrected chi connectivity index (χ4v) is 1.97. The van der Waals surface area contributed by atoms with Crippen molar-refractivity contribution in [2.45, 2.75) is 25.4 Å². The first-order valence-corrected chi connectivity index (χ1v) is 5.07. The fourth-order valence-electron chi connectivity index (χ4n) is 1.97. The lowest BCUT2D eigenvalue weighted by Crippen LogP contribution is -2.23. The second-order valence-electron chi connectivity index (χ2n) is 3.71. The van der Waals surface area contributed by atoms with E-state index < -0.39 is 0 Å². The van der Waals surface area contributed by atoms with Gasteiger partial charge < -0.3 is 9.47 Å². The number of hydrogen-bond acceptors (Lipinski definition) is 2. The second kappa shape index (κ2) is 4.58. The van der Waals surface area contributed by atoms with Crippen LogP contribution < -0.4 is 0 Å². The molecular weight excluding hydrogens is 176 g/mol. The average molecular weight is 192 g/mol. The van der Waals surface area contributed by atoms with Crippen LogP contribution in [0.1, 0.15) is 17.5 Å². The van der Waals surface area contributed by atoms with Gasteiger partial charge in [-0.3, -0.25) is 0 Å². The summed E-state index contributed by atoms with van der Waals surface area (Å²) in [6.45, 7) is 0.410. The van der Waals surface area contributed by atoms with E-state index in [1.54, 1.807) is 7.11 Å². The van der Waals surface area contributed by atoms with Gasteiger partial charge in [0.1, 0.15) is 6.79 Å². The van der Waals surface area contributed by atoms with Crippen molar-refractivity contribution in [1.82, 2.24) is 0 Å². The Bertz CT molecular complexity index is 296. The third kappa shape index (κ3) is 2.14. The van der Waals surface area contributed by atoms with Crippen LogP contribution in [-0.4, -0.2) is 20.0 Å². The van der Waals surface area contributed by atoms with E-state index in [1.807, 2.05) is 0 Å². The minimum absolute atomic E-state index is 0.338. The predicted octanol–water partition coefficient (Wildman–Crippen LogP) is 2.16. The number of ether oxygens (including phenoxy) is 2. The average Bonchev–Trinajstić information content (AvgIpc) is 2.26. The van der Waals surface area contributed by atoms with E-state index in [2.05, 4.69) is 24.3 Å². The molecular formula is C12H16O2. The molecule has 0 saturated carbocycles. The molecule has 0 heterocycles. The van der Waals surface area contributed by atoms with Crippen LogP contribution in [-0.2, 0) is 22.3 Å². The lowest BCUT2D eigenvalue weighted by molar-refractivity contribution is -0.0750. The molecule has 14 heavy (non-hydrogen) atoms. The highest BCUT2D eigenvalue weighted by Crippen LogP contribution is 2.22. The first kappa shape index (κ1) is 9.69. The van der Waals surface area contributed by atoms with Crippen molar-refractivity contribution in [3.05, 3.63) is 35.4 Å². The third-order valence-corrected chi connectivity index (χ3v) is 2.72. The van der Waals surface area contributed by atoms with Gasteiger partial charge in [0, 0.05) is 7.11 Å². The van der Waals surface area contributed by atoms with Gasteiger partial charge in [-0.2, -0.15) is 0 Å². The van der Waals surface area contributed by atoms with E-state index in [0.717, 1.165) is 19.3 Å². The first-order chi connectivity index (χ1) is 6.90. The Morgan fingerprint density at radius 2 is 2.07 bits per heavy atom. The van der Waals surface area contributed by atoms with Crippen LogP contribution in [0.2, 0.25) is 0 Å². The Morgan fingerprint density at radius 1 is 1.29 bits per heavy atom. The Kier molecular flexibility index (Phi) is 3.17. The molecule has 0 N–H and O–H groups in total. The SMILES string of the molecule is COCOC1CCc2ccccc2C1. The van der Waals surface area contributed by atoms with Crippen molar-refractivity contribution >= 4 is 0 Å². The Labute approximate surface area is 84.8 Å². The molecule has 1 aliphatic rings. The molecule has 1 aliphatic carbocycles. The smallest absolute Gasteiger partial charge is 0.146 e. The topological polar surface area (TPSA) is 18.5 Å². The molecule has 1 aromatic carbocycles. The lowest BCUT2D eigenvalue weighted by atomic mass is 9.90. The van der Waals surface area contributed by atoms with Crippen LogP contribution in [0.5, 0.6) is 0 Å². The minimum atomic E-state index is 0.338. The van der Waals surface area contributed by atoms with Crippen molar-refractivity contribution in [3.8, 4) is 0 Å². The van der Waals surface area contributed by atoms with Gasteiger partial charge in [-0.25, -0.2) is 0 Å². The zero-order valence-corrected chi connectivity index (χ0v) is 8.53. The maximum absolute atomic E-state index is 5.57. The van der Waals surface area contributed by atoms with E-state index in [1.165, 1.54) is 11.1 Å². The number of fused-ring (bicyclic) bond motifs is 1. The first-order valence-electron chi connectivity index (χ1n) is 5.07. The maximum atomic E-state index is 5.57. The summed E-state index contributed by atoms with van der Waals surface area (Å²) in [5.41, 5.74) is 2.91. The van der Waals surface area contributed by atoms with Gasteiger partial charge in [0.25, 0.3) is 0 Å². The van der Waals surface area contributed by atoms with Gasteiger partial charge in [0.05, 0.1) is 6.10 Å². The zero-order valence-electron chi connectivity index (χ0n) is 8.53. The molecule has 0 bridgehead atoms. The molecule has 0 fully saturated rings. The van der Waals surface area contributed by atoms with E-state index in [0.29, 0.717) is 12.9 Å². The van der Waals surface area contributed by atoms with Crippen LogP contribution in [0, 0.1) is 0 Å². The van der Waals surface area contributed by atoms with Crippen LogP contribution >= 0.6 is 0 Å². The Balaban J connectivity index is 1.99. The number of hydrogen-bond donors (Lipinski definition) is 0. The largest absolute Gasteiger partial charge is 0.359 e. The minimum Gasteiger partial charge on any atom is -0.359 e. The third-order valence-electron chi connectivity index (χ3n) is 2.72. The molecule has 0 radical (unpaired) electrons. The number of aryl methyl sites for hydroxylation is 1. The van der Waals surface area contributed by atoms with E-state index in [-0.39, 0.29) is 0 Å². The van der Waals surface area contributed by atoms with Crippen molar-refractivity contribution in [1.29, 1.82) is 0 Å². The normalized spacial score (nSPS) is 20.5. The fraction of sp³-hybridized carbons (Fsp3) is 0.500. The molecule has 0 amide bonds. The number of benzene rings is 1. The van der Waals surface area contributed by atoms with Gasteiger partial charge in [0.2, 0.25) is 0 Å². The summed E-state index contributed by atoms with van der Waals surface area (Å²) in [5, 5.41) is 0. The van der Waals surface area contributed by atoms with Gasteiger partial charge in [-0.05, 0) is 30.4 Å². The lowest BCUT2D eigenvalue weighted by Gasteiger charge is -2.24.